The fourth-order valence-corrected chi connectivity index (χ4v) is 2.03. The van der Waals surface area contributed by atoms with E-state index in [0.29, 0.717) is 5.56 Å². The van der Waals surface area contributed by atoms with Gasteiger partial charge in [0.1, 0.15) is 5.82 Å². The van der Waals surface area contributed by atoms with Crippen LogP contribution in [-0.4, -0.2) is 15.6 Å². The van der Waals surface area contributed by atoms with Gasteiger partial charge in [-0.1, -0.05) is 18.2 Å². The van der Waals surface area contributed by atoms with E-state index < -0.39 is 0 Å². The minimum Gasteiger partial charge on any atom is -0.289 e. The van der Waals surface area contributed by atoms with Crippen LogP contribution in [0.15, 0.2) is 73.1 Å². The van der Waals surface area contributed by atoms with Crippen LogP contribution in [0.25, 0.3) is 11.8 Å². The smallest absolute Gasteiger partial charge is 0.185 e. The fraction of sp³-hybridized carbons (Fsp3) is 0. The third-order valence-electron chi connectivity index (χ3n) is 3.18. The van der Waals surface area contributed by atoms with Crippen LogP contribution in [-0.2, 0) is 0 Å². The van der Waals surface area contributed by atoms with Crippen molar-refractivity contribution in [2.45, 2.75) is 0 Å². The van der Waals surface area contributed by atoms with Gasteiger partial charge < -0.3 is 0 Å². The van der Waals surface area contributed by atoms with Gasteiger partial charge in [0.15, 0.2) is 5.78 Å². The Balaban J connectivity index is 1.75. The molecule has 1 heterocycles. The van der Waals surface area contributed by atoms with E-state index in [1.54, 1.807) is 17.0 Å². The van der Waals surface area contributed by atoms with Gasteiger partial charge in [0.2, 0.25) is 0 Å². The normalized spacial score (nSPS) is 11.0. The van der Waals surface area contributed by atoms with Crippen molar-refractivity contribution < 1.29 is 9.18 Å². The molecule has 0 aliphatic rings. The summed E-state index contributed by atoms with van der Waals surface area (Å²) in [6, 6.07) is 15.2. The molecule has 22 heavy (non-hydrogen) atoms. The first-order valence-electron chi connectivity index (χ1n) is 6.80. The van der Waals surface area contributed by atoms with Crippen LogP contribution in [0.1, 0.15) is 15.9 Å². The minimum atomic E-state index is -0.357. The summed E-state index contributed by atoms with van der Waals surface area (Å²) >= 11 is 0. The Bertz CT molecular complexity index is 805. The number of ketones is 1. The van der Waals surface area contributed by atoms with Crippen LogP contribution < -0.4 is 0 Å². The van der Waals surface area contributed by atoms with Gasteiger partial charge in [-0.3, -0.25) is 4.79 Å². The van der Waals surface area contributed by atoms with Crippen molar-refractivity contribution in [1.82, 2.24) is 9.78 Å². The van der Waals surface area contributed by atoms with E-state index in [4.69, 9.17) is 0 Å². The highest BCUT2D eigenvalue weighted by Crippen LogP contribution is 2.10. The van der Waals surface area contributed by atoms with Crippen molar-refractivity contribution in [2.24, 2.45) is 0 Å². The van der Waals surface area contributed by atoms with E-state index in [0.717, 1.165) is 11.3 Å². The van der Waals surface area contributed by atoms with Crippen molar-refractivity contribution in [3.8, 4) is 5.69 Å². The standard InChI is InChI=1S/C18H13FN2O/c19-16-9-7-15(8-10-16)18(22)11-6-14-12-20-21(13-14)17-4-2-1-3-5-17/h1-13H/b11-6+. The predicted molar refractivity (Wildman–Crippen MR) is 83.3 cm³/mol. The van der Waals surface area contributed by atoms with E-state index in [-0.39, 0.29) is 11.6 Å². The Morgan fingerprint density at radius 3 is 2.50 bits per heavy atom. The molecule has 0 fully saturated rings. The number of hydrogen-bond acceptors (Lipinski definition) is 2. The second-order valence-corrected chi connectivity index (χ2v) is 4.76. The monoisotopic (exact) mass is 292 g/mol. The van der Waals surface area contributed by atoms with Gasteiger partial charge in [-0.05, 0) is 48.6 Å². The van der Waals surface area contributed by atoms with Gasteiger partial charge in [0.05, 0.1) is 11.9 Å². The lowest BCUT2D eigenvalue weighted by Gasteiger charge is -1.98. The summed E-state index contributed by atoms with van der Waals surface area (Å²) < 4.78 is 14.6. The van der Waals surface area contributed by atoms with Crippen LogP contribution in [0.5, 0.6) is 0 Å². The third-order valence-corrected chi connectivity index (χ3v) is 3.18. The molecule has 2 aromatic carbocycles. The molecule has 0 aliphatic carbocycles. The number of halogens is 1. The zero-order chi connectivity index (χ0) is 15.4. The van der Waals surface area contributed by atoms with Gasteiger partial charge in [-0.2, -0.15) is 5.10 Å². The highest BCUT2D eigenvalue weighted by molar-refractivity contribution is 6.06. The largest absolute Gasteiger partial charge is 0.289 e. The first kappa shape index (κ1) is 13.9. The molecule has 0 aliphatic heterocycles. The van der Waals surface area contributed by atoms with Gasteiger partial charge in [-0.25, -0.2) is 9.07 Å². The van der Waals surface area contributed by atoms with Crippen LogP contribution in [0.2, 0.25) is 0 Å². The highest BCUT2D eigenvalue weighted by Gasteiger charge is 2.02. The average Bonchev–Trinajstić information content (AvgIpc) is 3.03. The Labute approximate surface area is 127 Å². The number of para-hydroxylation sites is 1. The molecule has 0 saturated heterocycles. The van der Waals surface area contributed by atoms with Gasteiger partial charge in [0.25, 0.3) is 0 Å². The van der Waals surface area contributed by atoms with Crippen molar-refractivity contribution >= 4 is 11.9 Å². The van der Waals surface area contributed by atoms with Gasteiger partial charge in [-0.15, -0.1) is 0 Å². The molecule has 0 atom stereocenters. The molecule has 0 saturated carbocycles. The highest BCUT2D eigenvalue weighted by atomic mass is 19.1. The Morgan fingerprint density at radius 2 is 1.77 bits per heavy atom. The van der Waals surface area contributed by atoms with E-state index >= 15 is 0 Å². The van der Waals surface area contributed by atoms with Crippen molar-refractivity contribution in [3.05, 3.63) is 90.0 Å². The number of allylic oxidation sites excluding steroid dienone is 1. The third kappa shape index (κ3) is 3.17. The van der Waals surface area contributed by atoms with Gasteiger partial charge in [0, 0.05) is 17.3 Å². The fourth-order valence-electron chi connectivity index (χ4n) is 2.03. The zero-order valence-electron chi connectivity index (χ0n) is 11.7. The quantitative estimate of drug-likeness (QED) is 0.540. The number of rotatable bonds is 4. The van der Waals surface area contributed by atoms with Crippen LogP contribution in [0.4, 0.5) is 4.39 Å². The van der Waals surface area contributed by atoms with E-state index in [1.807, 2.05) is 36.5 Å². The SMILES string of the molecule is O=C(/C=C/c1cnn(-c2ccccc2)c1)c1ccc(F)cc1. The Kier molecular flexibility index (Phi) is 3.92. The molecular weight excluding hydrogens is 279 g/mol. The number of aromatic nitrogens is 2. The molecule has 0 N–H and O–H groups in total. The van der Waals surface area contributed by atoms with Crippen LogP contribution >= 0.6 is 0 Å². The van der Waals surface area contributed by atoms with Crippen molar-refractivity contribution in [3.63, 3.8) is 0 Å². The molecule has 0 spiro atoms. The molecule has 0 radical (unpaired) electrons. The number of carbonyl (C=O) groups excluding carboxylic acids is 1. The summed E-state index contributed by atoms with van der Waals surface area (Å²) in [5, 5.41) is 4.25. The lowest BCUT2D eigenvalue weighted by molar-refractivity contribution is 0.104. The summed E-state index contributed by atoms with van der Waals surface area (Å²) in [4.78, 5) is 12.0. The first-order chi connectivity index (χ1) is 10.7. The minimum absolute atomic E-state index is 0.174. The molecule has 3 rings (SSSR count). The molecule has 1 aromatic heterocycles. The second-order valence-electron chi connectivity index (χ2n) is 4.76. The molecule has 3 aromatic rings. The van der Waals surface area contributed by atoms with Crippen LogP contribution in [0.3, 0.4) is 0 Å². The van der Waals surface area contributed by atoms with E-state index in [2.05, 4.69) is 5.10 Å². The summed E-state index contributed by atoms with van der Waals surface area (Å²) in [5.41, 5.74) is 2.22. The predicted octanol–water partition coefficient (Wildman–Crippen LogP) is 3.91. The first-order valence-corrected chi connectivity index (χ1v) is 6.80. The summed E-state index contributed by atoms with van der Waals surface area (Å²) in [7, 11) is 0. The summed E-state index contributed by atoms with van der Waals surface area (Å²) in [6.45, 7) is 0. The summed E-state index contributed by atoms with van der Waals surface area (Å²) in [5.74, 6) is -0.530. The van der Waals surface area contributed by atoms with Gasteiger partial charge >= 0.3 is 0 Å². The Morgan fingerprint density at radius 1 is 1.05 bits per heavy atom. The number of benzene rings is 2. The number of nitrogens with zero attached hydrogens (tertiary/aromatic N) is 2. The number of carbonyl (C=O) groups is 1. The Hall–Kier alpha value is -3.01. The molecule has 3 nitrogen and oxygen atoms in total. The summed E-state index contributed by atoms with van der Waals surface area (Å²) in [6.07, 6.45) is 6.67. The maximum atomic E-state index is 12.8. The van der Waals surface area contributed by atoms with Crippen molar-refractivity contribution in [2.75, 3.05) is 0 Å². The lowest BCUT2D eigenvalue weighted by atomic mass is 10.1. The van der Waals surface area contributed by atoms with E-state index in [9.17, 15) is 9.18 Å². The van der Waals surface area contributed by atoms with Crippen LogP contribution in [0, 0.1) is 5.82 Å². The molecule has 0 amide bonds. The molecular formula is C18H13FN2O. The maximum absolute atomic E-state index is 12.8. The lowest BCUT2D eigenvalue weighted by Crippen LogP contribution is -1.93. The zero-order valence-corrected chi connectivity index (χ0v) is 11.7. The number of hydrogen-bond donors (Lipinski definition) is 0. The molecule has 108 valence electrons. The average molecular weight is 292 g/mol. The molecule has 0 bridgehead atoms. The molecule has 4 heteroatoms. The van der Waals surface area contributed by atoms with E-state index in [1.165, 1.54) is 30.3 Å². The molecule has 0 unspecified atom stereocenters. The topological polar surface area (TPSA) is 34.9 Å². The maximum Gasteiger partial charge on any atom is 0.185 e. The second kappa shape index (κ2) is 6.18. The van der Waals surface area contributed by atoms with Crippen molar-refractivity contribution in [1.29, 1.82) is 0 Å².